The molecule has 0 bridgehead atoms. The number of thiophene rings is 1. The normalized spacial score (nSPS) is 21.4. The minimum atomic E-state index is -0.0978. The molecule has 1 N–H and O–H groups in total. The van der Waals surface area contributed by atoms with Crippen LogP contribution >= 0.6 is 11.3 Å². The van der Waals surface area contributed by atoms with E-state index < -0.39 is 0 Å². The maximum atomic E-state index is 13.0. The third kappa shape index (κ3) is 3.05. The molecule has 22 heavy (non-hydrogen) atoms. The monoisotopic (exact) mass is 320 g/mol. The minimum absolute atomic E-state index is 0.0978. The molecule has 1 aliphatic carbocycles. The molecule has 1 saturated heterocycles. The zero-order valence-corrected chi connectivity index (χ0v) is 14.2. The molecule has 1 fully saturated rings. The van der Waals surface area contributed by atoms with E-state index in [4.69, 9.17) is 0 Å². The van der Waals surface area contributed by atoms with E-state index in [2.05, 4.69) is 12.2 Å². The summed E-state index contributed by atoms with van der Waals surface area (Å²) in [6.07, 6.45) is 6.50. The van der Waals surface area contributed by atoms with Gasteiger partial charge in [0.15, 0.2) is 0 Å². The molecule has 1 aliphatic heterocycles. The second kappa shape index (κ2) is 6.41. The van der Waals surface area contributed by atoms with Crippen LogP contribution in [0, 0.1) is 5.92 Å². The van der Waals surface area contributed by atoms with Crippen molar-refractivity contribution < 1.29 is 9.59 Å². The highest BCUT2D eigenvalue weighted by molar-refractivity contribution is 7.17. The molecule has 0 aromatic carbocycles. The van der Waals surface area contributed by atoms with Gasteiger partial charge in [-0.2, -0.15) is 0 Å². The number of carbonyl (C=O) groups is 2. The van der Waals surface area contributed by atoms with Crippen molar-refractivity contribution in [2.75, 3.05) is 18.4 Å². The fraction of sp³-hybridized carbons (Fsp3) is 0.647. The van der Waals surface area contributed by atoms with Crippen molar-refractivity contribution in [3.8, 4) is 0 Å². The van der Waals surface area contributed by atoms with Crippen LogP contribution in [0.25, 0.3) is 0 Å². The summed E-state index contributed by atoms with van der Waals surface area (Å²) in [7, 11) is 0. The predicted octanol–water partition coefficient (Wildman–Crippen LogP) is 3.46. The molecule has 0 spiro atoms. The standard InChI is InChI=1S/C17H24N2O2S/c1-11-6-7-13-14(10-11)22-16(18-12(2)20)15(13)17(21)19-8-4-3-5-9-19/h11H,3-10H2,1-2H3,(H,18,20)/t11-/m1/s1. The summed E-state index contributed by atoms with van der Waals surface area (Å²) >= 11 is 1.61. The van der Waals surface area contributed by atoms with Gasteiger partial charge < -0.3 is 10.2 Å². The van der Waals surface area contributed by atoms with E-state index in [0.29, 0.717) is 5.92 Å². The number of anilines is 1. The first-order valence-corrected chi connectivity index (χ1v) is 9.09. The largest absolute Gasteiger partial charge is 0.339 e. The molecule has 1 atom stereocenters. The van der Waals surface area contributed by atoms with Gasteiger partial charge in [0.25, 0.3) is 5.91 Å². The summed E-state index contributed by atoms with van der Waals surface area (Å²) in [6, 6.07) is 0. The second-order valence-electron chi connectivity index (χ2n) is 6.59. The smallest absolute Gasteiger partial charge is 0.257 e. The lowest BCUT2D eigenvalue weighted by molar-refractivity contribution is -0.114. The minimum Gasteiger partial charge on any atom is -0.339 e. The van der Waals surface area contributed by atoms with Gasteiger partial charge in [-0.25, -0.2) is 0 Å². The van der Waals surface area contributed by atoms with Gasteiger partial charge in [0.1, 0.15) is 5.00 Å². The topological polar surface area (TPSA) is 49.4 Å². The number of nitrogens with one attached hydrogen (secondary N) is 1. The van der Waals surface area contributed by atoms with Crippen molar-refractivity contribution in [2.24, 2.45) is 5.92 Å². The Bertz CT molecular complexity index is 588. The fourth-order valence-electron chi connectivity index (χ4n) is 3.48. The molecule has 5 heteroatoms. The molecule has 2 aliphatic rings. The lowest BCUT2D eigenvalue weighted by Gasteiger charge is -2.28. The van der Waals surface area contributed by atoms with Crippen LogP contribution in [0.4, 0.5) is 5.00 Å². The van der Waals surface area contributed by atoms with E-state index in [9.17, 15) is 9.59 Å². The van der Waals surface area contributed by atoms with Crippen molar-refractivity contribution >= 4 is 28.2 Å². The molecule has 2 amide bonds. The Kier molecular flexibility index (Phi) is 4.52. The average Bonchev–Trinajstić information content (AvgIpc) is 2.83. The van der Waals surface area contributed by atoms with E-state index in [1.54, 1.807) is 11.3 Å². The van der Waals surface area contributed by atoms with Crippen LogP contribution in [-0.2, 0) is 17.6 Å². The van der Waals surface area contributed by atoms with Gasteiger partial charge >= 0.3 is 0 Å². The summed E-state index contributed by atoms with van der Waals surface area (Å²) in [5.74, 6) is 0.684. The van der Waals surface area contributed by atoms with Crippen LogP contribution in [-0.4, -0.2) is 29.8 Å². The van der Waals surface area contributed by atoms with E-state index in [-0.39, 0.29) is 11.8 Å². The number of piperidine rings is 1. The molecule has 1 aromatic rings. The summed E-state index contributed by atoms with van der Waals surface area (Å²) in [4.78, 5) is 27.8. The number of likely N-dealkylation sites (tertiary alicyclic amines) is 1. The molecule has 0 radical (unpaired) electrons. The lowest BCUT2D eigenvalue weighted by Crippen LogP contribution is -2.36. The van der Waals surface area contributed by atoms with Gasteiger partial charge in [-0.05, 0) is 50.0 Å². The lowest BCUT2D eigenvalue weighted by atomic mass is 9.88. The molecular formula is C17H24N2O2S. The van der Waals surface area contributed by atoms with E-state index in [0.717, 1.165) is 55.8 Å². The number of nitrogens with zero attached hydrogens (tertiary/aromatic N) is 1. The van der Waals surface area contributed by atoms with Crippen molar-refractivity contribution in [3.63, 3.8) is 0 Å². The summed E-state index contributed by atoms with van der Waals surface area (Å²) < 4.78 is 0. The number of amides is 2. The van der Waals surface area contributed by atoms with Crippen LogP contribution in [0.1, 0.15) is 60.3 Å². The van der Waals surface area contributed by atoms with Crippen molar-refractivity contribution in [2.45, 2.75) is 52.4 Å². The molecule has 1 aromatic heterocycles. The molecule has 3 rings (SSSR count). The summed E-state index contributed by atoms with van der Waals surface area (Å²) in [6.45, 7) is 5.46. The Morgan fingerprint density at radius 2 is 1.95 bits per heavy atom. The molecule has 120 valence electrons. The van der Waals surface area contributed by atoms with Gasteiger partial charge in [-0.3, -0.25) is 9.59 Å². The van der Waals surface area contributed by atoms with Gasteiger partial charge in [0.2, 0.25) is 5.91 Å². The number of fused-ring (bicyclic) bond motifs is 1. The van der Waals surface area contributed by atoms with Gasteiger partial charge in [-0.1, -0.05) is 6.92 Å². The first kappa shape index (κ1) is 15.5. The molecular weight excluding hydrogens is 296 g/mol. The predicted molar refractivity (Wildman–Crippen MR) is 89.6 cm³/mol. The Labute approximate surface area is 135 Å². The Hall–Kier alpha value is -1.36. The number of hydrogen-bond donors (Lipinski definition) is 1. The molecule has 2 heterocycles. The second-order valence-corrected chi connectivity index (χ2v) is 7.70. The zero-order chi connectivity index (χ0) is 15.7. The van der Waals surface area contributed by atoms with E-state index in [1.165, 1.54) is 23.8 Å². The van der Waals surface area contributed by atoms with E-state index in [1.807, 2.05) is 4.90 Å². The van der Waals surface area contributed by atoms with Crippen molar-refractivity contribution in [1.29, 1.82) is 0 Å². The quantitative estimate of drug-likeness (QED) is 0.907. The third-order valence-corrected chi connectivity index (χ3v) is 5.83. The number of carbonyl (C=O) groups excluding carboxylic acids is 2. The molecule has 0 unspecified atom stereocenters. The van der Waals surface area contributed by atoms with Crippen LogP contribution in [0.5, 0.6) is 0 Å². The first-order chi connectivity index (χ1) is 10.6. The first-order valence-electron chi connectivity index (χ1n) is 8.27. The van der Waals surface area contributed by atoms with Crippen LogP contribution in [0.15, 0.2) is 0 Å². The fourth-order valence-corrected chi connectivity index (χ4v) is 4.93. The van der Waals surface area contributed by atoms with E-state index >= 15 is 0 Å². The maximum Gasteiger partial charge on any atom is 0.257 e. The highest BCUT2D eigenvalue weighted by Crippen LogP contribution is 2.40. The maximum absolute atomic E-state index is 13.0. The number of hydrogen-bond acceptors (Lipinski definition) is 3. The van der Waals surface area contributed by atoms with Gasteiger partial charge in [-0.15, -0.1) is 11.3 Å². The molecule has 4 nitrogen and oxygen atoms in total. The van der Waals surface area contributed by atoms with Gasteiger partial charge in [0, 0.05) is 24.9 Å². The van der Waals surface area contributed by atoms with Crippen LogP contribution < -0.4 is 5.32 Å². The highest BCUT2D eigenvalue weighted by atomic mass is 32.1. The summed E-state index contributed by atoms with van der Waals surface area (Å²) in [5, 5.41) is 3.66. The third-order valence-electron chi connectivity index (χ3n) is 4.66. The van der Waals surface area contributed by atoms with Crippen LogP contribution in [0.3, 0.4) is 0 Å². The Morgan fingerprint density at radius 1 is 1.23 bits per heavy atom. The number of rotatable bonds is 2. The van der Waals surface area contributed by atoms with Gasteiger partial charge in [0.05, 0.1) is 5.56 Å². The van der Waals surface area contributed by atoms with Crippen LogP contribution in [0.2, 0.25) is 0 Å². The molecule has 0 saturated carbocycles. The highest BCUT2D eigenvalue weighted by Gasteiger charge is 2.30. The Balaban J connectivity index is 1.96. The SMILES string of the molecule is CC(=O)Nc1sc2c(c1C(=O)N1CCCCC1)CC[C@@H](C)C2. The van der Waals surface area contributed by atoms with Crippen molar-refractivity contribution in [3.05, 3.63) is 16.0 Å². The average molecular weight is 320 g/mol. The zero-order valence-electron chi connectivity index (χ0n) is 13.4. The van der Waals surface area contributed by atoms with Crippen molar-refractivity contribution in [1.82, 2.24) is 4.90 Å². The summed E-state index contributed by atoms with van der Waals surface area (Å²) in [5.41, 5.74) is 1.98. The Morgan fingerprint density at radius 3 is 2.64 bits per heavy atom.